The van der Waals surface area contributed by atoms with Crippen LogP contribution in [0, 0.1) is 17.8 Å². The Balaban J connectivity index is 0.000000126. The zero-order valence-corrected chi connectivity index (χ0v) is 47.3. The second kappa shape index (κ2) is 25.4. The first-order valence-electron chi connectivity index (χ1n) is 27.7. The lowest BCUT2D eigenvalue weighted by Gasteiger charge is -2.09. The molecule has 83 heavy (non-hydrogen) atoms. The van der Waals surface area contributed by atoms with Gasteiger partial charge in [-0.3, -0.25) is 18.3 Å². The summed E-state index contributed by atoms with van der Waals surface area (Å²) in [5.74, 6) is 3.20. The van der Waals surface area contributed by atoms with Gasteiger partial charge in [0.2, 0.25) is 5.91 Å². The summed E-state index contributed by atoms with van der Waals surface area (Å²) >= 11 is 0. The van der Waals surface area contributed by atoms with Crippen LogP contribution in [0.3, 0.4) is 0 Å². The number of aromatic amines is 2. The highest BCUT2D eigenvalue weighted by molar-refractivity contribution is 7.86. The Morgan fingerprint density at radius 3 is 1.72 bits per heavy atom. The molecule has 3 saturated carbocycles. The molecule has 4 aliphatic rings. The van der Waals surface area contributed by atoms with Crippen LogP contribution < -0.4 is 14.9 Å². The number of ether oxygens (including phenoxy) is 4. The van der Waals surface area contributed by atoms with E-state index >= 15 is 0 Å². The minimum absolute atomic E-state index is 0.0771. The monoisotopic (exact) mass is 1140 g/mol. The quantitative estimate of drug-likeness (QED) is 0.0523. The van der Waals surface area contributed by atoms with Crippen LogP contribution in [-0.2, 0) is 23.8 Å². The minimum Gasteiger partial charge on any atom is -0.508 e. The molecule has 1 amide bonds. The maximum absolute atomic E-state index is 12.2. The number of H-pyrrole nitrogens is 2. The first-order valence-corrected chi connectivity index (χ1v) is 29.5. The fraction of sp³-hybridized carbons (Fsp3) is 0.277. The van der Waals surface area contributed by atoms with Crippen molar-refractivity contribution in [2.45, 2.75) is 57.8 Å². The van der Waals surface area contributed by atoms with E-state index in [9.17, 15) is 32.7 Å². The third kappa shape index (κ3) is 14.2. The predicted octanol–water partition coefficient (Wildman–Crippen LogP) is 11.9. The molecule has 1 aliphatic heterocycles. The summed E-state index contributed by atoms with van der Waals surface area (Å²) in [7, 11) is -3.28. The molecule has 6 aromatic carbocycles. The number of amides is 1. The number of aromatic hydroxyl groups is 1. The Morgan fingerprint density at radius 1 is 0.651 bits per heavy atom. The molecule has 6 atom stereocenters. The number of benzene rings is 6. The Bertz CT molecular complexity index is 3930. The smallest absolute Gasteiger partial charge is 0.338 e. The summed E-state index contributed by atoms with van der Waals surface area (Å²) in [6, 6.07) is 45.1. The van der Waals surface area contributed by atoms with Crippen LogP contribution in [0.5, 0.6) is 17.2 Å². The lowest BCUT2D eigenvalue weighted by atomic mass is 10.1. The highest BCUT2D eigenvalue weighted by Gasteiger charge is 2.40. The molecule has 0 bridgehead atoms. The van der Waals surface area contributed by atoms with Crippen LogP contribution >= 0.6 is 0 Å². The molecule has 17 nitrogen and oxygen atoms in total. The molecule has 428 valence electrons. The Hall–Kier alpha value is -9.00. The Kier molecular flexibility index (Phi) is 17.5. The van der Waals surface area contributed by atoms with Crippen molar-refractivity contribution in [3.05, 3.63) is 197 Å². The molecule has 3 aliphatic carbocycles. The standard InChI is InChI=1S/C21H21NO3.C20H17N3O2.C13H13NO4.C11H14O3S/c1-2-24-21(23)19-11-16(12-20-17(19)8-9-22-20)25-13-15-10-18(15)14-6-4-3-5-7-14;24-20-17-7-15(8-18-19(17)14(9-21-18)10-22-23-20)25-11-13-6-16(13)12-4-2-1-3-5-12;1-3-18-13(17)11-6-9(16)7-12-10(11)4-5-14(12)8(2)15;1-15(12,13)14-8-10-7-11(10)9-5-3-2-4-6-9/h3-9,11-12,15,18,22H,2,10,13H2,1H3;1-5,7-10,13,16,21H,6,11H2,(H,23,24);4-7,16H,3H2,1-2H3;2-6,10-11H,7-8H2,1H3. The van der Waals surface area contributed by atoms with Gasteiger partial charge >= 0.3 is 11.9 Å². The van der Waals surface area contributed by atoms with Gasteiger partial charge in [-0.25, -0.2) is 15.0 Å². The van der Waals surface area contributed by atoms with Crippen molar-refractivity contribution in [3.63, 3.8) is 0 Å². The molecular weight excluding hydrogens is 1070 g/mol. The van der Waals surface area contributed by atoms with E-state index in [4.69, 9.17) is 23.1 Å². The van der Waals surface area contributed by atoms with Crippen LogP contribution in [0.1, 0.15) is 116 Å². The number of fused-ring (bicyclic) bond motifs is 2. The van der Waals surface area contributed by atoms with Gasteiger partial charge in [0.15, 0.2) is 0 Å². The number of hydrazone groups is 1. The number of hydrogen-bond donors (Lipinski definition) is 4. The summed E-state index contributed by atoms with van der Waals surface area (Å²) in [6.07, 6.45) is 11.3. The molecule has 3 aromatic heterocycles. The number of esters is 2. The third-order valence-electron chi connectivity index (χ3n) is 15.0. The Morgan fingerprint density at radius 2 is 1.18 bits per heavy atom. The minimum atomic E-state index is -3.28. The van der Waals surface area contributed by atoms with Crippen LogP contribution in [0.2, 0.25) is 0 Å². The van der Waals surface area contributed by atoms with Crippen molar-refractivity contribution in [2.75, 3.05) is 39.3 Å². The molecule has 9 aromatic rings. The van der Waals surface area contributed by atoms with E-state index in [2.05, 4.69) is 81.2 Å². The molecular formula is C65H65N5O12S. The number of rotatable bonds is 16. The largest absolute Gasteiger partial charge is 0.508 e. The summed E-state index contributed by atoms with van der Waals surface area (Å²) in [5, 5.41) is 15.9. The summed E-state index contributed by atoms with van der Waals surface area (Å²) in [6.45, 7) is 7.18. The van der Waals surface area contributed by atoms with Gasteiger partial charge in [-0.05, 0) is 104 Å². The third-order valence-corrected chi connectivity index (χ3v) is 15.6. The SMILES string of the molecule is CCOC(=O)c1cc(O)cc2c1ccn2C(C)=O.CCOC(=O)c1cc(OCC2CC2c2ccccc2)cc2[nH]ccc12.CS(=O)(=O)OCC1CC1c1ccccc1.O=C1NN=Cc2c[nH]c3cc(OCC4CC4c4ccccc4)cc1c23. The molecule has 13 rings (SSSR count). The fourth-order valence-electron chi connectivity index (χ4n) is 10.6. The highest BCUT2D eigenvalue weighted by Crippen LogP contribution is 2.49. The van der Waals surface area contributed by atoms with Crippen molar-refractivity contribution < 1.29 is 55.8 Å². The number of phenols is 1. The number of carbonyl (C=O) groups excluding carboxylic acids is 4. The van der Waals surface area contributed by atoms with Gasteiger partial charge in [-0.15, -0.1) is 0 Å². The maximum Gasteiger partial charge on any atom is 0.338 e. The van der Waals surface area contributed by atoms with E-state index in [0.717, 1.165) is 52.9 Å². The van der Waals surface area contributed by atoms with Gasteiger partial charge in [0.25, 0.3) is 16.0 Å². The maximum atomic E-state index is 12.2. The zero-order valence-electron chi connectivity index (χ0n) is 46.5. The van der Waals surface area contributed by atoms with Crippen molar-refractivity contribution in [3.8, 4) is 17.2 Å². The average molecular weight is 1140 g/mol. The predicted molar refractivity (Wildman–Crippen MR) is 317 cm³/mol. The second-order valence-electron chi connectivity index (χ2n) is 21.0. The number of hydrogen-bond acceptors (Lipinski definition) is 13. The normalized spacial score (nSPS) is 18.9. The first-order chi connectivity index (χ1) is 40.2. The lowest BCUT2D eigenvalue weighted by molar-refractivity contribution is 0.0518. The van der Waals surface area contributed by atoms with Gasteiger partial charge in [0.05, 0.1) is 73.2 Å². The van der Waals surface area contributed by atoms with Crippen molar-refractivity contribution in [2.24, 2.45) is 22.9 Å². The van der Waals surface area contributed by atoms with E-state index in [1.165, 1.54) is 40.3 Å². The van der Waals surface area contributed by atoms with Gasteiger partial charge in [-0.1, -0.05) is 91.0 Å². The van der Waals surface area contributed by atoms with Gasteiger partial charge in [-0.2, -0.15) is 13.5 Å². The number of nitrogens with one attached hydrogen (secondary N) is 3. The summed E-state index contributed by atoms with van der Waals surface area (Å²) in [5.41, 5.74) is 11.1. The molecule has 3 fully saturated rings. The zero-order chi connectivity index (χ0) is 58.2. The van der Waals surface area contributed by atoms with E-state index in [-0.39, 0.29) is 35.7 Å². The topological polar surface area (TPSA) is 230 Å². The fourth-order valence-corrected chi connectivity index (χ4v) is 11.0. The van der Waals surface area contributed by atoms with Crippen LogP contribution in [0.15, 0.2) is 163 Å². The van der Waals surface area contributed by atoms with Crippen LogP contribution in [0.4, 0.5) is 0 Å². The van der Waals surface area contributed by atoms with Crippen molar-refractivity contribution >= 4 is 72.8 Å². The molecule has 4 N–H and O–H groups in total. The number of phenolic OH excluding ortho intramolecular Hbond substituents is 1. The van der Waals surface area contributed by atoms with E-state index < -0.39 is 16.1 Å². The summed E-state index contributed by atoms with van der Waals surface area (Å²) in [4.78, 5) is 53.9. The van der Waals surface area contributed by atoms with Crippen LogP contribution in [0.25, 0.3) is 32.7 Å². The van der Waals surface area contributed by atoms with Crippen LogP contribution in [-0.4, -0.2) is 97.3 Å². The molecule has 6 unspecified atom stereocenters. The average Bonchev–Trinajstić information content (AvgIpc) is 4.30. The second-order valence-corrected chi connectivity index (χ2v) is 22.6. The molecule has 0 saturated heterocycles. The van der Waals surface area contributed by atoms with Crippen molar-refractivity contribution in [1.29, 1.82) is 0 Å². The Labute approximate surface area is 480 Å². The number of carbonyl (C=O) groups is 4. The highest BCUT2D eigenvalue weighted by atomic mass is 32.2. The molecule has 0 radical (unpaired) electrons. The van der Waals surface area contributed by atoms with Gasteiger partial charge in [0, 0.05) is 82.8 Å². The molecule has 4 heterocycles. The number of nitrogens with zero attached hydrogens (tertiary/aromatic N) is 2. The lowest BCUT2D eigenvalue weighted by Crippen LogP contribution is -2.16. The van der Waals surface area contributed by atoms with Crippen molar-refractivity contribution in [1.82, 2.24) is 20.0 Å². The number of aromatic nitrogens is 3. The van der Waals surface area contributed by atoms with E-state index in [1.54, 1.807) is 31.5 Å². The first kappa shape index (κ1) is 57.2. The summed E-state index contributed by atoms with van der Waals surface area (Å²) < 4.78 is 49.8. The van der Waals surface area contributed by atoms with E-state index in [0.29, 0.717) is 95.5 Å². The molecule has 0 spiro atoms. The molecule has 18 heteroatoms. The van der Waals surface area contributed by atoms with Gasteiger partial charge < -0.3 is 34.0 Å². The van der Waals surface area contributed by atoms with E-state index in [1.807, 2.05) is 73.9 Å². The van der Waals surface area contributed by atoms with Gasteiger partial charge in [0.1, 0.15) is 17.2 Å².